The van der Waals surface area contributed by atoms with Gasteiger partial charge >= 0.3 is 0 Å². The first kappa shape index (κ1) is 23.8. The monoisotopic (exact) mass is 466 g/mol. The van der Waals surface area contributed by atoms with Gasteiger partial charge in [-0.25, -0.2) is 0 Å². The number of aryl methyl sites for hydroxylation is 1. The Morgan fingerprint density at radius 3 is 2.59 bits per heavy atom. The molecule has 3 heterocycles. The zero-order valence-corrected chi connectivity index (χ0v) is 19.4. The van der Waals surface area contributed by atoms with E-state index in [1.165, 1.54) is 9.80 Å². The highest BCUT2D eigenvalue weighted by atomic mass is 16.5. The standard InChI is InChI=1S/C26H30N2O6/c1-3-15-33-20-8-6-19(7-9-20)24(29)22-23(21-10-5-18(2)34-21)28(26(31)25(22)30)12-4-11-27-13-16-32-17-14-27/h3,5-10,23,29H,1,4,11-17H2,2H3/b24-22+. The number of hydrogen-bond acceptors (Lipinski definition) is 6. The van der Waals surface area contributed by atoms with Crippen molar-refractivity contribution in [3.8, 4) is 5.75 Å². The summed E-state index contributed by atoms with van der Waals surface area (Å²) in [7, 11) is 0. The number of hydrogen-bond donors (Lipinski definition) is 1. The number of ketones is 1. The smallest absolute Gasteiger partial charge is 0.295 e. The number of amides is 1. The fraction of sp³-hybridized carbons (Fsp3) is 0.385. The molecule has 1 N–H and O–H groups in total. The molecule has 4 rings (SSSR count). The third kappa shape index (κ3) is 5.08. The van der Waals surface area contributed by atoms with Gasteiger partial charge in [0.2, 0.25) is 5.78 Å². The Morgan fingerprint density at radius 2 is 1.94 bits per heavy atom. The maximum absolute atomic E-state index is 13.4. The second kappa shape index (κ2) is 10.7. The number of nitrogens with zero attached hydrogens (tertiary/aromatic N) is 1. The Balaban J connectivity index is 1.61. The number of quaternary nitrogens is 1. The summed E-state index contributed by atoms with van der Waals surface area (Å²) in [5.41, 5.74) is 0.243. The molecule has 1 unspecified atom stereocenters. The number of carbonyl (C=O) groups excluding carboxylic acids is 2. The van der Waals surface area contributed by atoms with Crippen LogP contribution in [0.25, 0.3) is 5.76 Å². The average molecular weight is 467 g/mol. The molecule has 2 aliphatic heterocycles. The molecule has 2 aliphatic rings. The number of benzene rings is 1. The average Bonchev–Trinajstić information content (AvgIpc) is 3.39. The van der Waals surface area contributed by atoms with Crippen LogP contribution in [0.5, 0.6) is 5.75 Å². The summed E-state index contributed by atoms with van der Waals surface area (Å²) >= 11 is 0. The fourth-order valence-corrected chi connectivity index (χ4v) is 4.42. The molecule has 0 bridgehead atoms. The Labute approximate surface area is 199 Å². The summed E-state index contributed by atoms with van der Waals surface area (Å²) in [6.07, 6.45) is 2.34. The van der Waals surface area contributed by atoms with Crippen LogP contribution in [0.15, 0.2) is 59.0 Å². The minimum Gasteiger partial charge on any atom is -0.872 e. The van der Waals surface area contributed by atoms with E-state index >= 15 is 0 Å². The number of morpholine rings is 1. The van der Waals surface area contributed by atoms with E-state index in [4.69, 9.17) is 13.9 Å². The van der Waals surface area contributed by atoms with Crippen molar-refractivity contribution in [1.82, 2.24) is 4.90 Å². The predicted molar refractivity (Wildman–Crippen MR) is 123 cm³/mol. The Bertz CT molecular complexity index is 1070. The quantitative estimate of drug-likeness (QED) is 0.253. The molecular weight excluding hydrogens is 436 g/mol. The lowest BCUT2D eigenvalue weighted by Gasteiger charge is -2.27. The Hall–Kier alpha value is -3.36. The van der Waals surface area contributed by atoms with E-state index in [-0.39, 0.29) is 5.57 Å². The van der Waals surface area contributed by atoms with E-state index in [0.717, 1.165) is 32.8 Å². The van der Waals surface area contributed by atoms with E-state index in [0.29, 0.717) is 42.4 Å². The molecule has 180 valence electrons. The van der Waals surface area contributed by atoms with E-state index in [1.807, 2.05) is 0 Å². The molecule has 0 aliphatic carbocycles. The molecule has 0 spiro atoms. The Kier molecular flexibility index (Phi) is 7.49. The largest absolute Gasteiger partial charge is 0.872 e. The molecule has 2 fully saturated rings. The van der Waals surface area contributed by atoms with E-state index in [9.17, 15) is 14.7 Å². The zero-order chi connectivity index (χ0) is 24.1. The molecule has 1 aromatic heterocycles. The Morgan fingerprint density at radius 1 is 1.21 bits per heavy atom. The molecular formula is C26H30N2O6. The van der Waals surface area contributed by atoms with Gasteiger partial charge < -0.3 is 28.8 Å². The minimum atomic E-state index is -0.836. The van der Waals surface area contributed by atoms with Crippen molar-refractivity contribution in [3.63, 3.8) is 0 Å². The van der Waals surface area contributed by atoms with E-state index in [1.54, 1.807) is 49.4 Å². The van der Waals surface area contributed by atoms with E-state index < -0.39 is 23.5 Å². The third-order valence-electron chi connectivity index (χ3n) is 6.17. The number of Topliss-reactive ketones (excluding diaryl/α,β-unsaturated/α-hetero) is 1. The van der Waals surface area contributed by atoms with Gasteiger partial charge in [-0.05, 0) is 36.8 Å². The molecule has 0 radical (unpaired) electrons. The summed E-state index contributed by atoms with van der Waals surface area (Å²) in [5, 5.41) is 13.4. The van der Waals surface area contributed by atoms with Gasteiger partial charge in [0.25, 0.3) is 5.91 Å². The predicted octanol–water partition coefficient (Wildman–Crippen LogP) is 0.682. The van der Waals surface area contributed by atoms with Gasteiger partial charge in [0.05, 0.1) is 19.8 Å². The molecule has 0 saturated carbocycles. The summed E-state index contributed by atoms with van der Waals surface area (Å²) < 4.78 is 16.7. The number of likely N-dealkylation sites (tertiary alicyclic amines) is 1. The van der Waals surface area contributed by atoms with Crippen LogP contribution in [0.1, 0.15) is 29.5 Å². The second-order valence-electron chi connectivity index (χ2n) is 8.51. The molecule has 1 amide bonds. The van der Waals surface area contributed by atoms with Gasteiger partial charge in [-0.1, -0.05) is 30.5 Å². The van der Waals surface area contributed by atoms with Crippen LogP contribution in [0.3, 0.4) is 0 Å². The van der Waals surface area contributed by atoms with Crippen molar-refractivity contribution in [1.29, 1.82) is 0 Å². The first-order valence-corrected chi connectivity index (χ1v) is 11.6. The molecule has 1 aromatic carbocycles. The van der Waals surface area contributed by atoms with Crippen molar-refractivity contribution in [2.75, 3.05) is 46.0 Å². The molecule has 8 nitrogen and oxygen atoms in total. The first-order valence-electron chi connectivity index (χ1n) is 11.6. The van der Waals surface area contributed by atoms with Crippen molar-refractivity contribution in [2.24, 2.45) is 0 Å². The highest BCUT2D eigenvalue weighted by Crippen LogP contribution is 2.39. The van der Waals surface area contributed by atoms with Crippen LogP contribution in [-0.2, 0) is 14.3 Å². The number of furan rings is 1. The van der Waals surface area contributed by atoms with Gasteiger partial charge in [0.1, 0.15) is 43.0 Å². The van der Waals surface area contributed by atoms with Gasteiger partial charge in [0, 0.05) is 18.5 Å². The molecule has 34 heavy (non-hydrogen) atoms. The number of rotatable bonds is 9. The zero-order valence-electron chi connectivity index (χ0n) is 19.4. The van der Waals surface area contributed by atoms with Crippen LogP contribution in [0.2, 0.25) is 0 Å². The number of ether oxygens (including phenoxy) is 2. The fourth-order valence-electron chi connectivity index (χ4n) is 4.42. The highest BCUT2D eigenvalue weighted by molar-refractivity contribution is 6.46. The molecule has 8 heteroatoms. The molecule has 1 atom stereocenters. The van der Waals surface area contributed by atoms with Crippen molar-refractivity contribution in [2.45, 2.75) is 19.4 Å². The highest BCUT2D eigenvalue weighted by Gasteiger charge is 2.45. The maximum Gasteiger partial charge on any atom is 0.295 e. The van der Waals surface area contributed by atoms with Crippen molar-refractivity contribution >= 4 is 17.4 Å². The molecule has 2 aromatic rings. The SMILES string of the molecule is C=CCOc1ccc(/C([O-])=C2\C(=O)C(=O)N(CCC[NH+]3CCOCC3)C2c2ccc(C)o2)cc1. The van der Waals surface area contributed by atoms with Crippen LogP contribution in [0, 0.1) is 6.92 Å². The van der Waals surface area contributed by atoms with Gasteiger partial charge in [0.15, 0.2) is 0 Å². The topological polar surface area (TPSA) is 96.5 Å². The summed E-state index contributed by atoms with van der Waals surface area (Å²) in [6.45, 7) is 10.3. The van der Waals surface area contributed by atoms with Gasteiger partial charge in [-0.15, -0.1) is 0 Å². The number of carbonyl (C=O) groups is 2. The summed E-state index contributed by atoms with van der Waals surface area (Å²) in [4.78, 5) is 28.9. The summed E-state index contributed by atoms with van der Waals surface area (Å²) in [5.74, 6) is -0.255. The van der Waals surface area contributed by atoms with Crippen LogP contribution in [-0.4, -0.2) is 62.6 Å². The lowest BCUT2D eigenvalue weighted by molar-refractivity contribution is -0.908. The number of nitrogens with one attached hydrogen (secondary N) is 1. The second-order valence-corrected chi connectivity index (χ2v) is 8.51. The summed E-state index contributed by atoms with van der Waals surface area (Å²) in [6, 6.07) is 9.18. The van der Waals surface area contributed by atoms with Crippen LogP contribution in [0.4, 0.5) is 0 Å². The van der Waals surface area contributed by atoms with Gasteiger partial charge in [-0.2, -0.15) is 0 Å². The van der Waals surface area contributed by atoms with Gasteiger partial charge in [-0.3, -0.25) is 9.59 Å². The maximum atomic E-state index is 13.4. The minimum absolute atomic E-state index is 0.0715. The van der Waals surface area contributed by atoms with E-state index in [2.05, 4.69) is 6.58 Å². The lowest BCUT2D eigenvalue weighted by atomic mass is 9.99. The van der Waals surface area contributed by atoms with Crippen LogP contribution < -0.4 is 14.7 Å². The van der Waals surface area contributed by atoms with Crippen molar-refractivity contribution < 1.29 is 33.5 Å². The van der Waals surface area contributed by atoms with Crippen molar-refractivity contribution in [3.05, 3.63) is 71.7 Å². The first-order chi connectivity index (χ1) is 16.5. The third-order valence-corrected chi connectivity index (χ3v) is 6.17. The van der Waals surface area contributed by atoms with Crippen LogP contribution >= 0.6 is 0 Å². The molecule has 2 saturated heterocycles. The lowest BCUT2D eigenvalue weighted by Crippen LogP contribution is -3.14. The normalized spacial score (nSPS) is 20.6.